The van der Waals surface area contributed by atoms with Gasteiger partial charge in [-0.25, -0.2) is 17.5 Å². The van der Waals surface area contributed by atoms with Crippen LogP contribution in [0, 0.1) is 23.6 Å². The third-order valence-corrected chi connectivity index (χ3v) is 5.15. The summed E-state index contributed by atoms with van der Waals surface area (Å²) in [6, 6.07) is 3.43. The van der Waals surface area contributed by atoms with E-state index in [-0.39, 0.29) is 23.0 Å². The molecule has 1 aliphatic carbocycles. The Balaban J connectivity index is 2.31. The second-order valence-electron chi connectivity index (χ2n) is 5.38. The van der Waals surface area contributed by atoms with Gasteiger partial charge < -0.3 is 5.73 Å². The van der Waals surface area contributed by atoms with E-state index in [4.69, 9.17) is 5.73 Å². The van der Waals surface area contributed by atoms with Crippen molar-refractivity contribution in [1.82, 2.24) is 4.72 Å². The summed E-state index contributed by atoms with van der Waals surface area (Å²) in [4.78, 5) is 0.00408. The van der Waals surface area contributed by atoms with E-state index in [9.17, 15) is 12.8 Å². The van der Waals surface area contributed by atoms with Crippen molar-refractivity contribution in [2.45, 2.75) is 37.1 Å². The molecule has 1 fully saturated rings. The second-order valence-corrected chi connectivity index (χ2v) is 7.07. The molecule has 1 saturated carbocycles. The predicted molar refractivity (Wildman–Crippen MR) is 79.5 cm³/mol. The Kier molecular flexibility index (Phi) is 4.99. The summed E-state index contributed by atoms with van der Waals surface area (Å²) >= 11 is 0. The molecule has 2 atom stereocenters. The molecular weight excluding hydrogens is 291 g/mol. The van der Waals surface area contributed by atoms with Gasteiger partial charge in [-0.05, 0) is 43.4 Å². The lowest BCUT2D eigenvalue weighted by molar-refractivity contribution is 0.538. The molecule has 3 N–H and O–H groups in total. The normalized spacial score (nSPS) is 21.9. The van der Waals surface area contributed by atoms with Crippen LogP contribution in [0.5, 0.6) is 0 Å². The average molecular weight is 310 g/mol. The highest BCUT2D eigenvalue weighted by Gasteiger charge is 2.27. The number of halogens is 1. The lowest BCUT2D eigenvalue weighted by Crippen LogP contribution is -2.33. The highest BCUT2D eigenvalue weighted by Crippen LogP contribution is 2.26. The van der Waals surface area contributed by atoms with Crippen LogP contribution in [0.3, 0.4) is 0 Å². The molecule has 0 bridgehead atoms. The molecule has 114 valence electrons. The van der Waals surface area contributed by atoms with Crippen molar-refractivity contribution in [3.8, 4) is 11.8 Å². The van der Waals surface area contributed by atoms with Gasteiger partial charge in [0.2, 0.25) is 10.0 Å². The predicted octanol–water partition coefficient (Wildman–Crippen LogP) is 1.60. The number of hydrogen-bond donors (Lipinski definition) is 2. The summed E-state index contributed by atoms with van der Waals surface area (Å²) in [5.74, 6) is 5.18. The Morgan fingerprint density at radius 1 is 1.43 bits per heavy atom. The topological polar surface area (TPSA) is 72.2 Å². The van der Waals surface area contributed by atoms with Gasteiger partial charge in [0.05, 0.1) is 11.4 Å². The quantitative estimate of drug-likeness (QED) is 0.833. The average Bonchev–Trinajstić information content (AvgIpc) is 2.80. The number of hydrogen-bond acceptors (Lipinski definition) is 3. The highest BCUT2D eigenvalue weighted by molar-refractivity contribution is 7.89. The maximum absolute atomic E-state index is 13.3. The standard InChI is InChI=1S/C15H19FN2O2S/c1-11-4-6-14(9-11)18-21(19,20)15-7-5-13(16)10-12(15)3-2-8-17/h5,7,10-11,14,18H,4,6,8-9,17H2,1H3. The van der Waals surface area contributed by atoms with Crippen molar-refractivity contribution in [1.29, 1.82) is 0 Å². The fourth-order valence-electron chi connectivity index (χ4n) is 2.58. The van der Waals surface area contributed by atoms with Gasteiger partial charge in [-0.2, -0.15) is 0 Å². The molecule has 4 nitrogen and oxygen atoms in total. The molecule has 0 aromatic heterocycles. The zero-order chi connectivity index (χ0) is 15.5. The van der Waals surface area contributed by atoms with Crippen molar-refractivity contribution < 1.29 is 12.8 Å². The number of benzene rings is 1. The monoisotopic (exact) mass is 310 g/mol. The third-order valence-electron chi connectivity index (χ3n) is 3.57. The second kappa shape index (κ2) is 6.56. The van der Waals surface area contributed by atoms with Crippen LogP contribution in [-0.4, -0.2) is 21.0 Å². The Labute approximate surface area is 125 Å². The van der Waals surface area contributed by atoms with E-state index < -0.39 is 15.8 Å². The zero-order valence-electron chi connectivity index (χ0n) is 11.9. The lowest BCUT2D eigenvalue weighted by Gasteiger charge is -2.14. The van der Waals surface area contributed by atoms with Gasteiger partial charge in [-0.15, -0.1) is 0 Å². The van der Waals surface area contributed by atoms with Crippen LogP contribution in [0.4, 0.5) is 4.39 Å². The molecule has 1 aromatic rings. The highest BCUT2D eigenvalue weighted by atomic mass is 32.2. The van der Waals surface area contributed by atoms with Crippen molar-refractivity contribution >= 4 is 10.0 Å². The van der Waals surface area contributed by atoms with Crippen LogP contribution in [0.2, 0.25) is 0 Å². The Morgan fingerprint density at radius 2 is 2.19 bits per heavy atom. The van der Waals surface area contributed by atoms with Crippen molar-refractivity contribution in [3.63, 3.8) is 0 Å². The van der Waals surface area contributed by atoms with E-state index in [1.807, 2.05) is 0 Å². The van der Waals surface area contributed by atoms with Crippen LogP contribution in [0.25, 0.3) is 0 Å². The summed E-state index contributed by atoms with van der Waals surface area (Å²) in [5.41, 5.74) is 5.43. The first-order valence-electron chi connectivity index (χ1n) is 6.93. The van der Waals surface area contributed by atoms with Crippen LogP contribution >= 0.6 is 0 Å². The number of nitrogens with one attached hydrogen (secondary N) is 1. The molecule has 0 spiro atoms. The molecular formula is C15H19FN2O2S. The molecule has 0 radical (unpaired) electrons. The minimum Gasteiger partial charge on any atom is -0.320 e. The Bertz CT molecular complexity index is 677. The minimum atomic E-state index is -3.70. The van der Waals surface area contributed by atoms with Crippen molar-refractivity contribution in [2.24, 2.45) is 11.7 Å². The third kappa shape index (κ3) is 4.03. The lowest BCUT2D eigenvalue weighted by atomic mass is 10.1. The van der Waals surface area contributed by atoms with Crippen LogP contribution in [0.15, 0.2) is 23.1 Å². The molecule has 1 aliphatic rings. The molecule has 0 aliphatic heterocycles. The van der Waals surface area contributed by atoms with Gasteiger partial charge >= 0.3 is 0 Å². The number of rotatable bonds is 3. The van der Waals surface area contributed by atoms with Gasteiger partial charge in [-0.3, -0.25) is 0 Å². The van der Waals surface area contributed by atoms with Gasteiger partial charge in [-0.1, -0.05) is 18.8 Å². The minimum absolute atomic E-state index is 0.00408. The molecule has 0 amide bonds. The van der Waals surface area contributed by atoms with Crippen LogP contribution < -0.4 is 10.5 Å². The van der Waals surface area contributed by atoms with Gasteiger partial charge in [0.25, 0.3) is 0 Å². The molecule has 0 saturated heterocycles. The zero-order valence-corrected chi connectivity index (χ0v) is 12.7. The van der Waals surface area contributed by atoms with Gasteiger partial charge in [0, 0.05) is 11.6 Å². The van der Waals surface area contributed by atoms with E-state index >= 15 is 0 Å². The molecule has 2 unspecified atom stereocenters. The van der Waals surface area contributed by atoms with Crippen LogP contribution in [-0.2, 0) is 10.0 Å². The first-order valence-corrected chi connectivity index (χ1v) is 8.41. The molecule has 6 heteroatoms. The first kappa shape index (κ1) is 16.0. The van der Waals surface area contributed by atoms with Crippen LogP contribution in [0.1, 0.15) is 31.7 Å². The largest absolute Gasteiger partial charge is 0.320 e. The van der Waals surface area contributed by atoms with Gasteiger partial charge in [0.1, 0.15) is 5.82 Å². The van der Waals surface area contributed by atoms with E-state index in [0.29, 0.717) is 5.92 Å². The first-order chi connectivity index (χ1) is 9.92. The van der Waals surface area contributed by atoms with E-state index in [2.05, 4.69) is 23.5 Å². The summed E-state index contributed by atoms with van der Waals surface area (Å²) in [6.07, 6.45) is 2.66. The van der Waals surface area contributed by atoms with E-state index in [1.165, 1.54) is 6.07 Å². The number of nitrogens with two attached hydrogens (primary N) is 1. The molecule has 1 aromatic carbocycles. The van der Waals surface area contributed by atoms with Crippen molar-refractivity contribution in [2.75, 3.05) is 6.54 Å². The molecule has 21 heavy (non-hydrogen) atoms. The molecule has 2 rings (SSSR count). The fourth-order valence-corrected chi connectivity index (χ4v) is 4.00. The maximum Gasteiger partial charge on any atom is 0.242 e. The summed E-state index contributed by atoms with van der Waals surface area (Å²) in [5, 5.41) is 0. The SMILES string of the molecule is CC1CCC(NS(=O)(=O)c2ccc(F)cc2C#CCN)C1. The Hall–Kier alpha value is -1.42. The van der Waals surface area contributed by atoms with Crippen molar-refractivity contribution in [3.05, 3.63) is 29.6 Å². The Morgan fingerprint density at radius 3 is 2.81 bits per heavy atom. The number of sulfonamides is 1. The smallest absolute Gasteiger partial charge is 0.242 e. The van der Waals surface area contributed by atoms with E-state index in [0.717, 1.165) is 31.4 Å². The molecule has 0 heterocycles. The fraction of sp³-hybridized carbons (Fsp3) is 0.467. The summed E-state index contributed by atoms with van der Waals surface area (Å²) in [6.45, 7) is 2.19. The summed E-state index contributed by atoms with van der Waals surface area (Å²) < 4.78 is 40.9. The van der Waals surface area contributed by atoms with Gasteiger partial charge in [0.15, 0.2) is 0 Å². The van der Waals surface area contributed by atoms with E-state index in [1.54, 1.807) is 0 Å². The summed E-state index contributed by atoms with van der Waals surface area (Å²) in [7, 11) is -3.70. The maximum atomic E-state index is 13.3.